The van der Waals surface area contributed by atoms with Crippen LogP contribution in [0.5, 0.6) is 11.5 Å². The van der Waals surface area contributed by atoms with Gasteiger partial charge in [0, 0.05) is 11.3 Å². The van der Waals surface area contributed by atoms with Gasteiger partial charge in [-0.15, -0.1) is 0 Å². The van der Waals surface area contributed by atoms with Crippen LogP contribution in [-0.4, -0.2) is 38.9 Å². The average molecular weight is 401 g/mol. The number of phenols is 1. The Balaban J connectivity index is 1.60. The van der Waals surface area contributed by atoms with E-state index >= 15 is 0 Å². The number of hydrogen-bond donors (Lipinski definition) is 2. The molecule has 0 saturated carbocycles. The largest absolute Gasteiger partial charge is 0.504 e. The predicted molar refractivity (Wildman–Crippen MR) is 113 cm³/mol. The van der Waals surface area contributed by atoms with Gasteiger partial charge in [0.15, 0.2) is 17.1 Å². The van der Waals surface area contributed by atoms with Crippen LogP contribution in [0.3, 0.4) is 0 Å². The van der Waals surface area contributed by atoms with Crippen molar-refractivity contribution in [1.29, 1.82) is 0 Å². The number of nitrogens with zero attached hydrogens (tertiary/aromatic N) is 4. The van der Waals surface area contributed by atoms with Crippen LogP contribution < -0.4 is 10.2 Å². The minimum Gasteiger partial charge on any atom is -0.504 e. The van der Waals surface area contributed by atoms with Crippen molar-refractivity contribution in [2.75, 3.05) is 7.11 Å². The quantitative estimate of drug-likeness (QED) is 0.395. The molecule has 0 radical (unpaired) electrons. The van der Waals surface area contributed by atoms with Crippen LogP contribution in [0.15, 0.2) is 65.9 Å². The van der Waals surface area contributed by atoms with E-state index in [1.54, 1.807) is 16.6 Å². The number of carbonyl (C=O) groups is 1. The van der Waals surface area contributed by atoms with E-state index in [1.807, 2.05) is 43.3 Å². The van der Waals surface area contributed by atoms with Gasteiger partial charge in [0.25, 0.3) is 5.91 Å². The van der Waals surface area contributed by atoms with Gasteiger partial charge in [-0.2, -0.15) is 10.2 Å². The third-order valence-corrected chi connectivity index (χ3v) is 4.55. The van der Waals surface area contributed by atoms with Crippen LogP contribution in [0.1, 0.15) is 21.6 Å². The van der Waals surface area contributed by atoms with E-state index in [9.17, 15) is 9.90 Å². The van der Waals surface area contributed by atoms with Crippen molar-refractivity contribution >= 4 is 17.8 Å². The van der Waals surface area contributed by atoms with Crippen molar-refractivity contribution in [3.8, 4) is 22.8 Å². The number of methoxy groups -OCH3 is 1. The molecule has 0 aliphatic carbocycles. The van der Waals surface area contributed by atoms with E-state index in [-0.39, 0.29) is 5.75 Å². The number of nitrogens with one attached hydrogen (secondary N) is 1. The number of hydrazone groups is 1. The van der Waals surface area contributed by atoms with E-state index in [0.717, 1.165) is 17.0 Å². The summed E-state index contributed by atoms with van der Waals surface area (Å²) in [5.41, 5.74) is 6.49. The van der Waals surface area contributed by atoms with Crippen molar-refractivity contribution in [3.63, 3.8) is 0 Å². The van der Waals surface area contributed by atoms with Crippen LogP contribution >= 0.6 is 0 Å². The summed E-state index contributed by atoms with van der Waals surface area (Å²) in [6, 6.07) is 16.4. The van der Waals surface area contributed by atoms with E-state index in [2.05, 4.69) is 20.6 Å². The van der Waals surface area contributed by atoms with Crippen molar-refractivity contribution in [1.82, 2.24) is 20.0 Å². The highest BCUT2D eigenvalue weighted by molar-refractivity contribution is 6.00. The smallest absolute Gasteiger partial charge is 0.276 e. The highest BCUT2D eigenvalue weighted by atomic mass is 16.5. The maximum atomic E-state index is 12.7. The Hall–Kier alpha value is -4.20. The number of aromatic hydroxyl groups is 1. The number of ether oxygens (including phenoxy) is 1. The lowest BCUT2D eigenvalue weighted by Gasteiger charge is -2.06. The lowest BCUT2D eigenvalue weighted by molar-refractivity contribution is 0.0956. The number of hydrogen-bond acceptors (Lipinski definition) is 6. The molecule has 8 heteroatoms. The number of carbonyl (C=O) groups excluding carboxylic acids is 1. The average Bonchev–Trinajstić information content (AvgIpc) is 3.20. The van der Waals surface area contributed by atoms with Crippen LogP contribution in [0, 0.1) is 6.92 Å². The molecule has 0 bridgehead atoms. The molecule has 1 amide bonds. The molecule has 0 spiro atoms. The highest BCUT2D eigenvalue weighted by Gasteiger charge is 2.16. The maximum absolute atomic E-state index is 12.7. The van der Waals surface area contributed by atoms with Crippen molar-refractivity contribution in [3.05, 3.63) is 77.6 Å². The van der Waals surface area contributed by atoms with Crippen LogP contribution in [0.2, 0.25) is 0 Å². The number of aryl methyl sites for hydroxylation is 1. The highest BCUT2D eigenvalue weighted by Crippen LogP contribution is 2.25. The molecule has 0 saturated heterocycles. The Morgan fingerprint density at radius 1 is 1.20 bits per heavy atom. The molecule has 4 aromatic rings. The first-order valence-electron chi connectivity index (χ1n) is 9.18. The van der Waals surface area contributed by atoms with E-state index in [0.29, 0.717) is 22.5 Å². The third kappa shape index (κ3) is 3.70. The van der Waals surface area contributed by atoms with Gasteiger partial charge in [0.05, 0.1) is 25.2 Å². The second-order valence-corrected chi connectivity index (χ2v) is 6.57. The van der Waals surface area contributed by atoms with E-state index in [1.165, 1.54) is 25.6 Å². The lowest BCUT2D eigenvalue weighted by atomic mass is 10.1. The maximum Gasteiger partial charge on any atom is 0.276 e. The molecule has 2 N–H and O–H groups in total. The summed E-state index contributed by atoms with van der Waals surface area (Å²) in [6.45, 7) is 1.91. The van der Waals surface area contributed by atoms with Crippen molar-refractivity contribution < 1.29 is 14.6 Å². The normalized spacial score (nSPS) is 11.1. The van der Waals surface area contributed by atoms with Crippen LogP contribution in [0.4, 0.5) is 0 Å². The number of fused-ring (bicyclic) bond motifs is 1. The predicted octanol–water partition coefficient (Wildman–Crippen LogP) is 3.18. The topological polar surface area (TPSA) is 101 Å². The lowest BCUT2D eigenvalue weighted by Crippen LogP contribution is -2.17. The molecular weight excluding hydrogens is 382 g/mol. The van der Waals surface area contributed by atoms with Crippen molar-refractivity contribution in [2.24, 2.45) is 5.10 Å². The number of amides is 1. The number of rotatable bonds is 5. The summed E-state index contributed by atoms with van der Waals surface area (Å²) < 4.78 is 6.68. The van der Waals surface area contributed by atoms with Gasteiger partial charge in [0.1, 0.15) is 5.56 Å². The molecule has 0 aliphatic rings. The van der Waals surface area contributed by atoms with Gasteiger partial charge >= 0.3 is 0 Å². The number of phenolic OH excluding ortho intramolecular Hbond substituents is 1. The summed E-state index contributed by atoms with van der Waals surface area (Å²) in [4.78, 5) is 17.3. The second kappa shape index (κ2) is 8.04. The fourth-order valence-electron chi connectivity index (χ4n) is 3.03. The summed E-state index contributed by atoms with van der Waals surface area (Å²) in [6.07, 6.45) is 2.93. The first-order chi connectivity index (χ1) is 14.6. The molecule has 0 fully saturated rings. The minimum atomic E-state index is -0.427. The molecule has 2 heterocycles. The molecule has 0 atom stereocenters. The van der Waals surface area contributed by atoms with E-state index < -0.39 is 5.91 Å². The summed E-state index contributed by atoms with van der Waals surface area (Å²) in [7, 11) is 1.46. The third-order valence-electron chi connectivity index (χ3n) is 4.55. The van der Waals surface area contributed by atoms with Gasteiger partial charge in [-0.1, -0.05) is 30.3 Å². The first kappa shape index (κ1) is 19.1. The van der Waals surface area contributed by atoms with Gasteiger partial charge in [-0.05, 0) is 36.8 Å². The zero-order valence-electron chi connectivity index (χ0n) is 16.4. The Morgan fingerprint density at radius 2 is 2.00 bits per heavy atom. The molecule has 2 aromatic heterocycles. The molecule has 2 aromatic carbocycles. The van der Waals surface area contributed by atoms with Crippen LogP contribution in [-0.2, 0) is 0 Å². The standard InChI is InChI=1S/C22H19N5O3/c1-14-10-18(16-6-4-3-5-7-16)25-21-17(13-24-27(14)21)22(29)26-23-12-15-8-9-19(28)20(11-15)30-2/h3-13,28H,1-2H3,(H,26,29). The number of aromatic nitrogens is 3. The van der Waals surface area contributed by atoms with Gasteiger partial charge in [-0.3, -0.25) is 4.79 Å². The first-order valence-corrected chi connectivity index (χ1v) is 9.18. The summed E-state index contributed by atoms with van der Waals surface area (Å²) in [5, 5.41) is 17.9. The zero-order chi connectivity index (χ0) is 21.1. The van der Waals surface area contributed by atoms with E-state index in [4.69, 9.17) is 4.74 Å². The minimum absolute atomic E-state index is 0.0284. The molecule has 30 heavy (non-hydrogen) atoms. The fraction of sp³-hybridized carbons (Fsp3) is 0.0909. The van der Waals surface area contributed by atoms with Gasteiger partial charge in [-0.25, -0.2) is 14.9 Å². The van der Waals surface area contributed by atoms with Crippen molar-refractivity contribution in [2.45, 2.75) is 6.92 Å². The summed E-state index contributed by atoms with van der Waals surface area (Å²) >= 11 is 0. The Labute approximate surface area is 172 Å². The Bertz CT molecular complexity index is 1250. The van der Waals surface area contributed by atoms with Crippen LogP contribution in [0.25, 0.3) is 16.9 Å². The summed E-state index contributed by atoms with van der Waals surface area (Å²) in [5.74, 6) is -0.0779. The second-order valence-electron chi connectivity index (χ2n) is 6.57. The molecule has 0 aliphatic heterocycles. The monoisotopic (exact) mass is 401 g/mol. The molecule has 4 rings (SSSR count). The molecule has 0 unspecified atom stereocenters. The molecule has 150 valence electrons. The molecular formula is C22H19N5O3. The SMILES string of the molecule is COc1cc(C=NNC(=O)c2cnn3c(C)cc(-c4ccccc4)nc23)ccc1O. The number of benzene rings is 2. The van der Waals surface area contributed by atoms with Gasteiger partial charge in [0.2, 0.25) is 0 Å². The Kier molecular flexibility index (Phi) is 5.13. The van der Waals surface area contributed by atoms with Gasteiger partial charge < -0.3 is 9.84 Å². The zero-order valence-corrected chi connectivity index (χ0v) is 16.4. The fourth-order valence-corrected chi connectivity index (χ4v) is 3.03. The Morgan fingerprint density at radius 3 is 2.77 bits per heavy atom. The molecule has 8 nitrogen and oxygen atoms in total.